The van der Waals surface area contributed by atoms with E-state index in [0.29, 0.717) is 13.1 Å². The van der Waals surface area contributed by atoms with Gasteiger partial charge in [-0.1, -0.05) is 6.42 Å². The number of nitrogens with zero attached hydrogens (tertiary/aromatic N) is 1. The zero-order valence-corrected chi connectivity index (χ0v) is 10.2. The number of hydrogen-bond acceptors (Lipinski definition) is 4. The van der Waals surface area contributed by atoms with Crippen molar-refractivity contribution >= 4 is 10.0 Å². The number of rotatable bonds is 2. The Morgan fingerprint density at radius 1 is 1.00 bits per heavy atom. The molecule has 0 radical (unpaired) electrons. The number of aromatic hydroxyl groups is 2. The highest BCUT2D eigenvalue weighted by molar-refractivity contribution is 7.89. The summed E-state index contributed by atoms with van der Waals surface area (Å²) in [5.41, 5.74) is 0. The second kappa shape index (κ2) is 4.54. The maximum Gasteiger partial charge on any atom is 0.243 e. The van der Waals surface area contributed by atoms with Gasteiger partial charge in [-0.2, -0.15) is 4.31 Å². The average molecular weight is 257 g/mol. The van der Waals surface area contributed by atoms with Gasteiger partial charge in [-0.05, 0) is 25.0 Å². The number of benzene rings is 1. The molecule has 0 aromatic heterocycles. The van der Waals surface area contributed by atoms with Crippen LogP contribution in [0.25, 0.3) is 0 Å². The number of phenols is 2. The van der Waals surface area contributed by atoms with Gasteiger partial charge in [0.2, 0.25) is 10.0 Å². The Morgan fingerprint density at radius 2 is 1.65 bits per heavy atom. The van der Waals surface area contributed by atoms with Gasteiger partial charge in [0.25, 0.3) is 0 Å². The van der Waals surface area contributed by atoms with Crippen LogP contribution in [0.2, 0.25) is 0 Å². The van der Waals surface area contributed by atoms with Crippen molar-refractivity contribution in [3.63, 3.8) is 0 Å². The molecule has 1 aliphatic rings. The van der Waals surface area contributed by atoms with E-state index in [1.165, 1.54) is 16.4 Å². The van der Waals surface area contributed by atoms with E-state index in [9.17, 15) is 13.5 Å². The van der Waals surface area contributed by atoms with E-state index in [4.69, 9.17) is 5.11 Å². The van der Waals surface area contributed by atoms with Crippen LogP contribution >= 0.6 is 0 Å². The van der Waals surface area contributed by atoms with Gasteiger partial charge < -0.3 is 10.2 Å². The second-order valence-electron chi connectivity index (χ2n) is 4.12. The van der Waals surface area contributed by atoms with Crippen LogP contribution < -0.4 is 0 Å². The predicted octanol–water partition coefficient (Wildman–Crippen LogP) is 1.27. The van der Waals surface area contributed by atoms with Crippen molar-refractivity contribution in [2.24, 2.45) is 0 Å². The summed E-state index contributed by atoms with van der Waals surface area (Å²) in [7, 11) is -3.54. The minimum Gasteiger partial charge on any atom is -0.504 e. The number of sulfonamides is 1. The fraction of sp³-hybridized carbons (Fsp3) is 0.455. The molecule has 0 amide bonds. The molecule has 1 aromatic rings. The Morgan fingerprint density at radius 3 is 2.24 bits per heavy atom. The first-order chi connectivity index (χ1) is 8.01. The first kappa shape index (κ1) is 12.2. The number of hydrogen-bond donors (Lipinski definition) is 2. The van der Waals surface area contributed by atoms with E-state index in [-0.39, 0.29) is 10.6 Å². The van der Waals surface area contributed by atoms with Crippen LogP contribution in [0.15, 0.2) is 23.1 Å². The minimum atomic E-state index is -3.54. The van der Waals surface area contributed by atoms with Crippen molar-refractivity contribution in [2.45, 2.75) is 24.2 Å². The molecule has 5 nitrogen and oxygen atoms in total. The molecule has 0 bridgehead atoms. The summed E-state index contributed by atoms with van der Waals surface area (Å²) in [5.74, 6) is -0.731. The molecule has 1 saturated heterocycles. The van der Waals surface area contributed by atoms with Crippen LogP contribution in [0.5, 0.6) is 11.5 Å². The quantitative estimate of drug-likeness (QED) is 0.782. The van der Waals surface area contributed by atoms with Gasteiger partial charge in [-0.15, -0.1) is 0 Å². The Balaban J connectivity index is 2.33. The topological polar surface area (TPSA) is 77.8 Å². The largest absolute Gasteiger partial charge is 0.504 e. The van der Waals surface area contributed by atoms with E-state index in [2.05, 4.69) is 0 Å². The van der Waals surface area contributed by atoms with Gasteiger partial charge in [0.15, 0.2) is 11.5 Å². The fourth-order valence-electron chi connectivity index (χ4n) is 1.92. The van der Waals surface area contributed by atoms with Gasteiger partial charge in [0, 0.05) is 19.2 Å². The summed E-state index contributed by atoms with van der Waals surface area (Å²) in [6, 6.07) is 3.57. The molecule has 1 aliphatic heterocycles. The lowest BCUT2D eigenvalue weighted by Crippen LogP contribution is -2.35. The van der Waals surface area contributed by atoms with Gasteiger partial charge in [-0.25, -0.2) is 8.42 Å². The average Bonchev–Trinajstić information content (AvgIpc) is 2.33. The summed E-state index contributed by atoms with van der Waals surface area (Å²) in [4.78, 5) is 0.0229. The number of piperidine rings is 1. The Kier molecular flexibility index (Phi) is 3.26. The van der Waals surface area contributed by atoms with Crippen LogP contribution in [-0.4, -0.2) is 36.0 Å². The maximum absolute atomic E-state index is 12.2. The molecule has 2 rings (SSSR count). The van der Waals surface area contributed by atoms with Crippen LogP contribution in [0.1, 0.15) is 19.3 Å². The summed E-state index contributed by atoms with van der Waals surface area (Å²) in [6.45, 7) is 1.04. The summed E-state index contributed by atoms with van der Waals surface area (Å²) in [6.07, 6.45) is 2.78. The highest BCUT2D eigenvalue weighted by Crippen LogP contribution is 2.29. The third kappa shape index (κ3) is 2.37. The highest BCUT2D eigenvalue weighted by Gasteiger charge is 2.26. The second-order valence-corrected chi connectivity index (χ2v) is 6.05. The highest BCUT2D eigenvalue weighted by atomic mass is 32.2. The molecule has 17 heavy (non-hydrogen) atoms. The third-order valence-electron chi connectivity index (χ3n) is 2.90. The zero-order valence-electron chi connectivity index (χ0n) is 9.33. The van der Waals surface area contributed by atoms with Crippen molar-refractivity contribution in [3.05, 3.63) is 18.2 Å². The van der Waals surface area contributed by atoms with Crippen molar-refractivity contribution < 1.29 is 18.6 Å². The number of phenolic OH excluding ortho intramolecular Hbond substituents is 2. The summed E-state index contributed by atoms with van der Waals surface area (Å²) < 4.78 is 25.8. The van der Waals surface area contributed by atoms with Crippen molar-refractivity contribution in [1.29, 1.82) is 0 Å². The third-order valence-corrected chi connectivity index (χ3v) is 4.79. The van der Waals surface area contributed by atoms with Gasteiger partial charge in [0.05, 0.1) is 4.90 Å². The maximum atomic E-state index is 12.2. The lowest BCUT2D eigenvalue weighted by Gasteiger charge is -2.25. The molecule has 94 valence electrons. The Bertz CT molecular complexity index is 506. The van der Waals surface area contributed by atoms with Crippen LogP contribution in [-0.2, 0) is 10.0 Å². The first-order valence-corrected chi connectivity index (χ1v) is 6.98. The lowest BCUT2D eigenvalue weighted by molar-refractivity contribution is 0.346. The molecule has 0 saturated carbocycles. The smallest absolute Gasteiger partial charge is 0.243 e. The van der Waals surface area contributed by atoms with Gasteiger partial charge >= 0.3 is 0 Å². The van der Waals surface area contributed by atoms with Crippen LogP contribution in [0, 0.1) is 0 Å². The van der Waals surface area contributed by atoms with Crippen molar-refractivity contribution in [2.75, 3.05) is 13.1 Å². The monoisotopic (exact) mass is 257 g/mol. The first-order valence-electron chi connectivity index (χ1n) is 5.54. The summed E-state index contributed by atoms with van der Waals surface area (Å²) in [5, 5.41) is 18.5. The van der Waals surface area contributed by atoms with Crippen LogP contribution in [0.4, 0.5) is 0 Å². The summed E-state index contributed by atoms with van der Waals surface area (Å²) >= 11 is 0. The molecule has 6 heteroatoms. The molecule has 0 atom stereocenters. The van der Waals surface area contributed by atoms with E-state index in [0.717, 1.165) is 25.3 Å². The van der Waals surface area contributed by atoms with Crippen LogP contribution in [0.3, 0.4) is 0 Å². The fourth-order valence-corrected chi connectivity index (χ4v) is 3.46. The predicted molar refractivity (Wildman–Crippen MR) is 62.4 cm³/mol. The SMILES string of the molecule is O=S(=O)(c1ccc(O)c(O)c1)N1CCCCC1. The molecule has 1 fully saturated rings. The molecule has 0 spiro atoms. The lowest BCUT2D eigenvalue weighted by atomic mass is 10.2. The molecular weight excluding hydrogens is 242 g/mol. The Hall–Kier alpha value is -1.27. The normalized spacial score (nSPS) is 18.1. The van der Waals surface area contributed by atoms with E-state index in [1.807, 2.05) is 0 Å². The molecule has 0 aliphatic carbocycles. The standard InChI is InChI=1S/C11H15NO4S/c13-10-5-4-9(8-11(10)14)17(15,16)12-6-2-1-3-7-12/h4-5,8,13-14H,1-3,6-7H2. The van der Waals surface area contributed by atoms with E-state index < -0.39 is 15.8 Å². The van der Waals surface area contributed by atoms with Crippen molar-refractivity contribution in [3.8, 4) is 11.5 Å². The Labute approximate surface area is 100 Å². The van der Waals surface area contributed by atoms with E-state index >= 15 is 0 Å². The van der Waals surface area contributed by atoms with Gasteiger partial charge in [0.1, 0.15) is 0 Å². The molecular formula is C11H15NO4S. The minimum absolute atomic E-state index is 0.0229. The molecule has 2 N–H and O–H groups in total. The molecule has 0 unspecified atom stereocenters. The van der Waals surface area contributed by atoms with Crippen molar-refractivity contribution in [1.82, 2.24) is 4.31 Å². The van der Waals surface area contributed by atoms with E-state index in [1.54, 1.807) is 0 Å². The molecule has 1 aromatic carbocycles. The molecule has 1 heterocycles. The van der Waals surface area contributed by atoms with Gasteiger partial charge in [-0.3, -0.25) is 0 Å². The zero-order chi connectivity index (χ0) is 12.5.